The standard InChI is InChI=1S/C17H25FN2O3/c1-11(19-17(21)20(2)10-12-6-5-7-12)13-8-15(22-3)16(23-4)9-14(13)18/h8-9,11-12H,5-7,10H2,1-4H3,(H,19,21). The summed E-state index contributed by atoms with van der Waals surface area (Å²) in [7, 11) is 4.72. The van der Waals surface area contributed by atoms with E-state index in [0.29, 0.717) is 23.0 Å². The van der Waals surface area contributed by atoms with Gasteiger partial charge in [0.2, 0.25) is 0 Å². The van der Waals surface area contributed by atoms with Gasteiger partial charge in [-0.25, -0.2) is 9.18 Å². The first-order valence-electron chi connectivity index (χ1n) is 7.89. The number of carbonyl (C=O) groups excluding carboxylic acids is 1. The van der Waals surface area contributed by atoms with Gasteiger partial charge in [-0.15, -0.1) is 0 Å². The van der Waals surface area contributed by atoms with Gasteiger partial charge in [0.15, 0.2) is 11.5 Å². The first-order valence-corrected chi connectivity index (χ1v) is 7.89. The molecule has 1 aliphatic carbocycles. The van der Waals surface area contributed by atoms with Crippen LogP contribution in [0.25, 0.3) is 0 Å². The molecule has 0 saturated heterocycles. The Kier molecular flexibility index (Phi) is 5.69. The molecular formula is C17H25FN2O3. The number of urea groups is 1. The summed E-state index contributed by atoms with van der Waals surface area (Å²) in [5, 5.41) is 2.83. The molecule has 0 spiro atoms. The summed E-state index contributed by atoms with van der Waals surface area (Å²) in [6.07, 6.45) is 3.60. The summed E-state index contributed by atoms with van der Waals surface area (Å²) in [5.74, 6) is 0.929. The SMILES string of the molecule is COc1cc(F)c(C(C)NC(=O)N(C)CC2CCC2)cc1OC. The van der Waals surface area contributed by atoms with Crippen molar-refractivity contribution >= 4 is 6.03 Å². The summed E-state index contributed by atoms with van der Waals surface area (Å²) in [4.78, 5) is 13.9. The molecule has 0 bridgehead atoms. The van der Waals surface area contributed by atoms with E-state index in [2.05, 4.69) is 5.32 Å². The smallest absolute Gasteiger partial charge is 0.317 e. The first kappa shape index (κ1) is 17.4. The molecule has 1 unspecified atom stereocenters. The highest BCUT2D eigenvalue weighted by Crippen LogP contribution is 2.32. The molecule has 0 aliphatic heterocycles. The maximum Gasteiger partial charge on any atom is 0.317 e. The topological polar surface area (TPSA) is 50.8 Å². The van der Waals surface area contributed by atoms with Crippen molar-refractivity contribution in [1.82, 2.24) is 10.2 Å². The van der Waals surface area contributed by atoms with Crippen molar-refractivity contribution < 1.29 is 18.7 Å². The second-order valence-corrected chi connectivity index (χ2v) is 6.08. The average molecular weight is 324 g/mol. The number of amides is 2. The van der Waals surface area contributed by atoms with E-state index < -0.39 is 11.9 Å². The van der Waals surface area contributed by atoms with E-state index in [1.54, 1.807) is 24.9 Å². The molecule has 2 amide bonds. The molecule has 23 heavy (non-hydrogen) atoms. The van der Waals surface area contributed by atoms with Crippen LogP contribution in [0.15, 0.2) is 12.1 Å². The van der Waals surface area contributed by atoms with E-state index in [0.717, 1.165) is 6.54 Å². The van der Waals surface area contributed by atoms with Crippen LogP contribution in [-0.4, -0.2) is 38.7 Å². The third kappa shape index (κ3) is 4.06. The molecule has 5 nitrogen and oxygen atoms in total. The molecular weight excluding hydrogens is 299 g/mol. The van der Waals surface area contributed by atoms with Crippen LogP contribution in [0.1, 0.15) is 37.8 Å². The number of nitrogens with zero attached hydrogens (tertiary/aromatic N) is 1. The van der Waals surface area contributed by atoms with Gasteiger partial charge >= 0.3 is 6.03 Å². The van der Waals surface area contributed by atoms with Crippen molar-refractivity contribution in [3.8, 4) is 11.5 Å². The van der Waals surface area contributed by atoms with Crippen molar-refractivity contribution in [2.45, 2.75) is 32.2 Å². The predicted molar refractivity (Wildman–Crippen MR) is 86.4 cm³/mol. The molecule has 0 heterocycles. The minimum Gasteiger partial charge on any atom is -0.493 e. The number of methoxy groups -OCH3 is 2. The fraction of sp³-hybridized carbons (Fsp3) is 0.588. The number of ether oxygens (including phenoxy) is 2. The number of rotatable bonds is 6. The van der Waals surface area contributed by atoms with Crippen LogP contribution in [-0.2, 0) is 0 Å². The minimum atomic E-state index is -0.467. The summed E-state index contributed by atoms with van der Waals surface area (Å²) in [5.41, 5.74) is 0.369. The van der Waals surface area contributed by atoms with Gasteiger partial charge in [0.1, 0.15) is 5.82 Å². The van der Waals surface area contributed by atoms with Gasteiger partial charge in [0.05, 0.1) is 20.3 Å². The molecule has 1 aliphatic rings. The zero-order valence-corrected chi connectivity index (χ0v) is 14.2. The van der Waals surface area contributed by atoms with E-state index in [9.17, 15) is 9.18 Å². The Labute approximate surface area is 136 Å². The molecule has 1 N–H and O–H groups in total. The Hall–Kier alpha value is -1.98. The molecule has 1 atom stereocenters. The zero-order chi connectivity index (χ0) is 17.0. The lowest BCUT2D eigenvalue weighted by molar-refractivity contribution is 0.180. The van der Waals surface area contributed by atoms with Crippen LogP contribution in [0.2, 0.25) is 0 Å². The predicted octanol–water partition coefficient (Wildman–Crippen LogP) is 3.35. The van der Waals surface area contributed by atoms with E-state index in [1.165, 1.54) is 39.5 Å². The minimum absolute atomic E-state index is 0.196. The zero-order valence-electron chi connectivity index (χ0n) is 14.2. The van der Waals surface area contributed by atoms with Crippen LogP contribution in [0.3, 0.4) is 0 Å². The summed E-state index contributed by atoms with van der Waals surface area (Å²) in [6.45, 7) is 2.49. The van der Waals surface area contributed by atoms with Gasteiger partial charge in [-0.2, -0.15) is 0 Å². The fourth-order valence-electron chi connectivity index (χ4n) is 2.72. The van der Waals surface area contributed by atoms with Gasteiger partial charge in [0, 0.05) is 25.2 Å². The van der Waals surface area contributed by atoms with Gasteiger partial charge in [-0.1, -0.05) is 6.42 Å². The average Bonchev–Trinajstić information content (AvgIpc) is 2.49. The molecule has 1 saturated carbocycles. The van der Waals surface area contributed by atoms with Gasteiger partial charge in [0.25, 0.3) is 0 Å². The molecule has 6 heteroatoms. The number of nitrogens with one attached hydrogen (secondary N) is 1. The third-order valence-electron chi connectivity index (χ3n) is 4.41. The summed E-state index contributed by atoms with van der Waals surface area (Å²) >= 11 is 0. The van der Waals surface area contributed by atoms with Crippen molar-refractivity contribution in [3.63, 3.8) is 0 Å². The van der Waals surface area contributed by atoms with E-state index in [1.807, 2.05) is 0 Å². The number of hydrogen-bond acceptors (Lipinski definition) is 3. The van der Waals surface area contributed by atoms with E-state index in [4.69, 9.17) is 9.47 Å². The Balaban J connectivity index is 2.04. The lowest BCUT2D eigenvalue weighted by atomic mass is 9.85. The monoisotopic (exact) mass is 324 g/mol. The lowest BCUT2D eigenvalue weighted by Crippen LogP contribution is -2.42. The molecule has 0 radical (unpaired) electrons. The van der Waals surface area contributed by atoms with Crippen LogP contribution in [0.5, 0.6) is 11.5 Å². The van der Waals surface area contributed by atoms with Gasteiger partial charge in [-0.05, 0) is 31.7 Å². The maximum atomic E-state index is 14.2. The highest BCUT2D eigenvalue weighted by atomic mass is 19.1. The second kappa shape index (κ2) is 7.53. The number of carbonyl (C=O) groups is 1. The number of benzene rings is 1. The Morgan fingerprint density at radius 2 is 1.96 bits per heavy atom. The van der Waals surface area contributed by atoms with Gasteiger partial charge in [-0.3, -0.25) is 0 Å². The normalized spacial score (nSPS) is 15.5. The highest BCUT2D eigenvalue weighted by Gasteiger charge is 2.23. The van der Waals surface area contributed by atoms with Crippen molar-refractivity contribution in [2.75, 3.05) is 27.8 Å². The van der Waals surface area contributed by atoms with E-state index >= 15 is 0 Å². The summed E-state index contributed by atoms with van der Waals surface area (Å²) in [6, 6.07) is 2.17. The van der Waals surface area contributed by atoms with Crippen molar-refractivity contribution in [1.29, 1.82) is 0 Å². The Morgan fingerprint density at radius 3 is 2.48 bits per heavy atom. The Bertz CT molecular complexity index is 561. The third-order valence-corrected chi connectivity index (χ3v) is 4.41. The Morgan fingerprint density at radius 1 is 1.35 bits per heavy atom. The highest BCUT2D eigenvalue weighted by molar-refractivity contribution is 5.74. The molecule has 2 rings (SSSR count). The lowest BCUT2D eigenvalue weighted by Gasteiger charge is -2.31. The number of hydrogen-bond donors (Lipinski definition) is 1. The number of halogens is 1. The van der Waals surface area contributed by atoms with Crippen LogP contribution < -0.4 is 14.8 Å². The van der Waals surface area contributed by atoms with Crippen molar-refractivity contribution in [3.05, 3.63) is 23.5 Å². The molecule has 1 fully saturated rings. The van der Waals surface area contributed by atoms with Crippen LogP contribution in [0.4, 0.5) is 9.18 Å². The quantitative estimate of drug-likeness (QED) is 0.873. The fourth-order valence-corrected chi connectivity index (χ4v) is 2.72. The van der Waals surface area contributed by atoms with E-state index in [-0.39, 0.29) is 6.03 Å². The van der Waals surface area contributed by atoms with Crippen molar-refractivity contribution in [2.24, 2.45) is 5.92 Å². The van der Waals surface area contributed by atoms with Crippen LogP contribution >= 0.6 is 0 Å². The largest absolute Gasteiger partial charge is 0.493 e. The van der Waals surface area contributed by atoms with Crippen LogP contribution in [0, 0.1) is 11.7 Å². The maximum absolute atomic E-state index is 14.2. The summed E-state index contributed by atoms with van der Waals surface area (Å²) < 4.78 is 24.5. The van der Waals surface area contributed by atoms with Gasteiger partial charge < -0.3 is 19.7 Å². The first-order chi connectivity index (χ1) is 11.0. The molecule has 0 aromatic heterocycles. The molecule has 1 aromatic carbocycles. The second-order valence-electron chi connectivity index (χ2n) is 6.08. The molecule has 1 aromatic rings. The molecule has 128 valence electrons.